The van der Waals surface area contributed by atoms with Gasteiger partial charge in [0.2, 0.25) is 5.91 Å². The van der Waals surface area contributed by atoms with Gasteiger partial charge < -0.3 is 15.5 Å². The molecular formula is C16H15F3N2O3. The first-order valence-electron chi connectivity index (χ1n) is 6.90. The Morgan fingerprint density at radius 2 is 1.79 bits per heavy atom. The van der Waals surface area contributed by atoms with Gasteiger partial charge in [-0.05, 0) is 37.6 Å². The van der Waals surface area contributed by atoms with Crippen LogP contribution in [0.4, 0.5) is 13.2 Å². The zero-order chi connectivity index (χ0) is 18.1. The molecule has 0 saturated carbocycles. The lowest BCUT2D eigenvalue weighted by molar-refractivity contribution is -0.137. The normalized spacial score (nSPS) is 14.0. The molecule has 0 aliphatic rings. The Bertz CT molecular complexity index is 783. The highest BCUT2D eigenvalue weighted by Gasteiger charge is 2.38. The van der Waals surface area contributed by atoms with Gasteiger partial charge in [-0.2, -0.15) is 13.2 Å². The van der Waals surface area contributed by atoms with Crippen molar-refractivity contribution < 1.29 is 27.2 Å². The monoisotopic (exact) mass is 340 g/mol. The predicted molar refractivity (Wildman–Crippen MR) is 78.9 cm³/mol. The van der Waals surface area contributed by atoms with Gasteiger partial charge in [-0.3, -0.25) is 9.59 Å². The number of nitrogens with one attached hydrogen (secondary N) is 1. The Morgan fingerprint density at radius 1 is 1.17 bits per heavy atom. The third-order valence-corrected chi connectivity index (χ3v) is 3.73. The minimum absolute atomic E-state index is 0.0701. The summed E-state index contributed by atoms with van der Waals surface area (Å²) in [7, 11) is 0. The van der Waals surface area contributed by atoms with Crippen LogP contribution in [0.3, 0.4) is 0 Å². The van der Waals surface area contributed by atoms with Crippen molar-refractivity contribution >= 4 is 11.8 Å². The number of rotatable bonds is 4. The van der Waals surface area contributed by atoms with Crippen LogP contribution in [-0.2, 0) is 16.5 Å². The van der Waals surface area contributed by atoms with Crippen molar-refractivity contribution in [2.45, 2.75) is 25.6 Å². The highest BCUT2D eigenvalue weighted by Crippen LogP contribution is 2.32. The number of nitrogens with two attached hydrogens (primary N) is 1. The maximum absolute atomic E-state index is 12.9. The molecule has 3 N–H and O–H groups in total. The summed E-state index contributed by atoms with van der Waals surface area (Å²) in [6.07, 6.45) is -3.30. The van der Waals surface area contributed by atoms with Gasteiger partial charge in [0.05, 0.1) is 17.4 Å². The van der Waals surface area contributed by atoms with Gasteiger partial charge >= 0.3 is 6.18 Å². The van der Waals surface area contributed by atoms with E-state index < -0.39 is 29.1 Å². The van der Waals surface area contributed by atoms with Crippen LogP contribution in [0.15, 0.2) is 41.0 Å². The molecule has 0 aliphatic carbocycles. The average Bonchev–Trinajstić information content (AvgIpc) is 2.92. The van der Waals surface area contributed by atoms with Gasteiger partial charge in [0.1, 0.15) is 11.3 Å². The summed E-state index contributed by atoms with van der Waals surface area (Å²) in [5.74, 6) is -1.36. The molecule has 1 aromatic heterocycles. The average molecular weight is 340 g/mol. The number of primary amides is 1. The third kappa shape index (κ3) is 3.27. The van der Waals surface area contributed by atoms with Crippen molar-refractivity contribution in [3.8, 4) is 0 Å². The van der Waals surface area contributed by atoms with Gasteiger partial charge in [-0.15, -0.1) is 0 Å². The van der Waals surface area contributed by atoms with Crippen molar-refractivity contribution in [3.63, 3.8) is 0 Å². The topological polar surface area (TPSA) is 85.3 Å². The molecule has 24 heavy (non-hydrogen) atoms. The molecule has 0 spiro atoms. The number of carbonyl (C=O) groups is 2. The molecule has 128 valence electrons. The summed E-state index contributed by atoms with van der Waals surface area (Å²) in [5.41, 5.74) is 2.67. The van der Waals surface area contributed by atoms with Gasteiger partial charge in [0.15, 0.2) is 0 Å². The van der Waals surface area contributed by atoms with E-state index in [-0.39, 0.29) is 11.1 Å². The van der Waals surface area contributed by atoms with Crippen LogP contribution in [0, 0.1) is 6.92 Å². The van der Waals surface area contributed by atoms with Crippen molar-refractivity contribution in [1.29, 1.82) is 0 Å². The fourth-order valence-electron chi connectivity index (χ4n) is 2.20. The number of amides is 2. The Hall–Kier alpha value is -2.77. The molecule has 5 nitrogen and oxygen atoms in total. The summed E-state index contributed by atoms with van der Waals surface area (Å²) in [4.78, 5) is 24.2. The molecule has 1 unspecified atom stereocenters. The van der Waals surface area contributed by atoms with Crippen LogP contribution >= 0.6 is 0 Å². The van der Waals surface area contributed by atoms with E-state index in [9.17, 15) is 22.8 Å². The summed E-state index contributed by atoms with van der Waals surface area (Å²) < 4.78 is 43.6. The van der Waals surface area contributed by atoms with Gasteiger partial charge in [-0.1, -0.05) is 12.1 Å². The largest absolute Gasteiger partial charge is 0.469 e. The highest BCUT2D eigenvalue weighted by molar-refractivity contribution is 5.99. The molecule has 0 fully saturated rings. The highest BCUT2D eigenvalue weighted by atomic mass is 19.4. The molecule has 2 aromatic rings. The molecule has 0 aliphatic heterocycles. The number of furan rings is 1. The molecule has 0 bridgehead atoms. The fourth-order valence-corrected chi connectivity index (χ4v) is 2.20. The predicted octanol–water partition coefficient (Wildman–Crippen LogP) is 2.74. The van der Waals surface area contributed by atoms with Crippen molar-refractivity contribution in [3.05, 3.63) is 59.0 Å². The first kappa shape index (κ1) is 17.6. The van der Waals surface area contributed by atoms with Crippen LogP contribution in [0.5, 0.6) is 0 Å². The van der Waals surface area contributed by atoms with E-state index >= 15 is 0 Å². The maximum Gasteiger partial charge on any atom is 0.416 e. The Labute approximate surface area is 135 Å². The second kappa shape index (κ2) is 6.03. The molecule has 1 heterocycles. The van der Waals surface area contributed by atoms with Crippen LogP contribution in [0.1, 0.15) is 34.2 Å². The number of aryl methyl sites for hydroxylation is 1. The fraction of sp³-hybridized carbons (Fsp3) is 0.250. The lowest BCUT2D eigenvalue weighted by Crippen LogP contribution is -2.52. The summed E-state index contributed by atoms with van der Waals surface area (Å²) in [6.45, 7) is 2.79. The SMILES string of the molecule is Cc1occc1C(=O)NC(C)(C(N)=O)c1cccc(C(F)(F)F)c1. The molecular weight excluding hydrogens is 325 g/mol. The number of hydrogen-bond acceptors (Lipinski definition) is 3. The maximum atomic E-state index is 12.9. The second-order valence-corrected chi connectivity index (χ2v) is 5.41. The first-order valence-corrected chi connectivity index (χ1v) is 6.90. The van der Waals surface area contributed by atoms with E-state index in [1.165, 1.54) is 25.3 Å². The van der Waals surface area contributed by atoms with E-state index in [4.69, 9.17) is 10.2 Å². The third-order valence-electron chi connectivity index (χ3n) is 3.73. The molecule has 8 heteroatoms. The van der Waals surface area contributed by atoms with Crippen LogP contribution in [-0.4, -0.2) is 11.8 Å². The summed E-state index contributed by atoms with van der Waals surface area (Å²) in [5, 5.41) is 2.39. The first-order chi connectivity index (χ1) is 11.1. The van der Waals surface area contributed by atoms with Crippen molar-refractivity contribution in [2.24, 2.45) is 5.73 Å². The second-order valence-electron chi connectivity index (χ2n) is 5.41. The van der Waals surface area contributed by atoms with Crippen LogP contribution < -0.4 is 11.1 Å². The number of alkyl halides is 3. The van der Waals surface area contributed by atoms with Crippen LogP contribution in [0.2, 0.25) is 0 Å². The van der Waals surface area contributed by atoms with E-state index in [1.54, 1.807) is 6.92 Å². The molecule has 0 radical (unpaired) electrons. The van der Waals surface area contributed by atoms with Crippen molar-refractivity contribution in [1.82, 2.24) is 5.32 Å². The van der Waals surface area contributed by atoms with Gasteiger partial charge in [0.25, 0.3) is 5.91 Å². The van der Waals surface area contributed by atoms with E-state index in [1.807, 2.05) is 0 Å². The minimum Gasteiger partial charge on any atom is -0.469 e. The quantitative estimate of drug-likeness (QED) is 0.897. The summed E-state index contributed by atoms with van der Waals surface area (Å²) >= 11 is 0. The standard InChI is InChI=1S/C16H15F3N2O3/c1-9-12(6-7-24-9)13(22)21-15(2,14(20)23)10-4-3-5-11(8-10)16(17,18)19/h3-8H,1-2H3,(H2,20,23)(H,21,22). The zero-order valence-electron chi connectivity index (χ0n) is 12.9. The number of carbonyl (C=O) groups excluding carboxylic acids is 2. The zero-order valence-corrected chi connectivity index (χ0v) is 12.9. The Balaban J connectivity index is 2.43. The smallest absolute Gasteiger partial charge is 0.416 e. The molecule has 0 saturated heterocycles. The minimum atomic E-state index is -4.58. The van der Waals surface area contributed by atoms with Crippen molar-refractivity contribution in [2.75, 3.05) is 0 Å². The lowest BCUT2D eigenvalue weighted by atomic mass is 9.89. The number of benzene rings is 1. The molecule has 1 aromatic carbocycles. The van der Waals surface area contributed by atoms with Gasteiger partial charge in [-0.25, -0.2) is 0 Å². The molecule has 1 atom stereocenters. The Morgan fingerprint density at radius 3 is 2.29 bits per heavy atom. The van der Waals surface area contributed by atoms with E-state index in [0.717, 1.165) is 18.2 Å². The van der Waals surface area contributed by atoms with E-state index in [0.29, 0.717) is 5.76 Å². The molecule has 2 rings (SSSR count). The van der Waals surface area contributed by atoms with Gasteiger partial charge in [0, 0.05) is 0 Å². The molecule has 2 amide bonds. The summed E-state index contributed by atoms with van der Waals surface area (Å²) in [6, 6.07) is 5.48. The van der Waals surface area contributed by atoms with Crippen LogP contribution in [0.25, 0.3) is 0 Å². The number of hydrogen-bond donors (Lipinski definition) is 2. The number of halogens is 3. The lowest BCUT2D eigenvalue weighted by Gasteiger charge is -2.28. The Kier molecular flexibility index (Phi) is 4.42. The van der Waals surface area contributed by atoms with E-state index in [2.05, 4.69) is 5.32 Å².